The number of imidazole rings is 1. The molecular formula is C24H23ClF3N9O2. The van der Waals surface area contributed by atoms with Gasteiger partial charge in [-0.2, -0.15) is 18.3 Å². The molecule has 204 valence electrons. The number of nitrogens with zero attached hydrogens (tertiary/aromatic N) is 5. The fraction of sp³-hybridized carbons (Fsp3) is 0.208. The van der Waals surface area contributed by atoms with E-state index in [-0.39, 0.29) is 39.2 Å². The Labute approximate surface area is 225 Å². The molecule has 4 aromatic rings. The maximum Gasteiger partial charge on any atom is 0.435 e. The van der Waals surface area contributed by atoms with Gasteiger partial charge in [0.15, 0.2) is 17.3 Å². The van der Waals surface area contributed by atoms with E-state index in [9.17, 15) is 22.8 Å². The topological polar surface area (TPSA) is 159 Å². The molecule has 3 heterocycles. The molecule has 0 radical (unpaired) electrons. The third-order valence-electron chi connectivity index (χ3n) is 5.59. The molecule has 11 nitrogen and oxygen atoms in total. The van der Waals surface area contributed by atoms with Crippen LogP contribution in [0.15, 0.2) is 48.9 Å². The monoisotopic (exact) mass is 561 g/mol. The minimum Gasteiger partial charge on any atom is -0.397 e. The summed E-state index contributed by atoms with van der Waals surface area (Å²) in [5.74, 6) is -1.15. The van der Waals surface area contributed by atoms with Gasteiger partial charge in [-0.05, 0) is 43.3 Å². The molecular weight excluding hydrogens is 539 g/mol. The summed E-state index contributed by atoms with van der Waals surface area (Å²) in [4.78, 5) is 33.2. The van der Waals surface area contributed by atoms with Crippen molar-refractivity contribution in [2.24, 2.45) is 12.8 Å². The zero-order valence-electron chi connectivity index (χ0n) is 20.5. The van der Waals surface area contributed by atoms with Gasteiger partial charge < -0.3 is 26.7 Å². The summed E-state index contributed by atoms with van der Waals surface area (Å²) < 4.78 is 43.7. The first kappa shape index (κ1) is 27.6. The number of benzene rings is 1. The number of hydrogen-bond acceptors (Lipinski definition) is 7. The molecule has 0 aliphatic carbocycles. The summed E-state index contributed by atoms with van der Waals surface area (Å²) in [6.07, 6.45) is -0.604. The molecule has 39 heavy (non-hydrogen) atoms. The molecule has 0 spiro atoms. The Bertz CT molecular complexity index is 1510. The van der Waals surface area contributed by atoms with Gasteiger partial charge >= 0.3 is 6.18 Å². The smallest absolute Gasteiger partial charge is 0.397 e. The second-order valence-corrected chi connectivity index (χ2v) is 8.76. The van der Waals surface area contributed by atoms with Gasteiger partial charge in [0, 0.05) is 25.5 Å². The van der Waals surface area contributed by atoms with E-state index < -0.39 is 23.7 Å². The van der Waals surface area contributed by atoms with Crippen molar-refractivity contribution < 1.29 is 22.8 Å². The van der Waals surface area contributed by atoms with Crippen LogP contribution < -0.4 is 22.1 Å². The number of rotatable bonds is 8. The first-order valence-corrected chi connectivity index (χ1v) is 11.9. The Hall–Kier alpha value is -4.43. The van der Waals surface area contributed by atoms with E-state index in [1.165, 1.54) is 48.1 Å². The van der Waals surface area contributed by atoms with E-state index >= 15 is 0 Å². The number of nitrogens with two attached hydrogens (primary N) is 2. The Kier molecular flexibility index (Phi) is 7.88. The highest BCUT2D eigenvalue weighted by Gasteiger charge is 2.39. The molecule has 6 N–H and O–H groups in total. The first-order valence-electron chi connectivity index (χ1n) is 11.5. The lowest BCUT2D eigenvalue weighted by molar-refractivity contribution is -0.140. The lowest BCUT2D eigenvalue weighted by Gasteiger charge is -2.10. The van der Waals surface area contributed by atoms with Crippen LogP contribution in [-0.2, 0) is 13.2 Å². The Morgan fingerprint density at radius 1 is 1.10 bits per heavy atom. The van der Waals surface area contributed by atoms with Gasteiger partial charge in [0.1, 0.15) is 0 Å². The van der Waals surface area contributed by atoms with Gasteiger partial charge in [-0.25, -0.2) is 14.6 Å². The Balaban J connectivity index is 1.59. The van der Waals surface area contributed by atoms with E-state index in [4.69, 9.17) is 23.1 Å². The molecule has 0 atom stereocenters. The number of anilines is 2. The lowest BCUT2D eigenvalue weighted by atomic mass is 10.2. The van der Waals surface area contributed by atoms with Crippen LogP contribution in [0.1, 0.15) is 33.1 Å². The van der Waals surface area contributed by atoms with Gasteiger partial charge in [0.25, 0.3) is 11.8 Å². The highest BCUT2D eigenvalue weighted by atomic mass is 35.5. The molecule has 0 fully saturated rings. The van der Waals surface area contributed by atoms with Gasteiger partial charge in [0.05, 0.1) is 39.9 Å². The summed E-state index contributed by atoms with van der Waals surface area (Å²) >= 11 is 6.22. The number of amides is 2. The maximum absolute atomic E-state index is 13.9. The van der Waals surface area contributed by atoms with Crippen molar-refractivity contribution >= 4 is 34.8 Å². The van der Waals surface area contributed by atoms with Gasteiger partial charge in [-0.15, -0.1) is 0 Å². The van der Waals surface area contributed by atoms with Crippen LogP contribution in [0, 0.1) is 0 Å². The van der Waals surface area contributed by atoms with Crippen LogP contribution in [-0.4, -0.2) is 49.2 Å². The fourth-order valence-corrected chi connectivity index (χ4v) is 3.92. The zero-order chi connectivity index (χ0) is 28.3. The van der Waals surface area contributed by atoms with Crippen molar-refractivity contribution in [3.63, 3.8) is 0 Å². The van der Waals surface area contributed by atoms with Crippen LogP contribution in [0.3, 0.4) is 0 Å². The first-order chi connectivity index (χ1) is 18.5. The van der Waals surface area contributed by atoms with Crippen molar-refractivity contribution in [1.82, 2.24) is 29.6 Å². The SMILES string of the molecule is Cn1c(-c2cn(-c3ccc(N)cn3)nc2C(F)(F)F)cnc1C(=O)Nc1ccc(C(=O)NCCCN)c(Cl)c1. The lowest BCUT2D eigenvalue weighted by Crippen LogP contribution is -2.26. The van der Waals surface area contributed by atoms with Crippen LogP contribution in [0.5, 0.6) is 0 Å². The summed E-state index contributed by atoms with van der Waals surface area (Å²) in [5.41, 5.74) is 10.3. The maximum atomic E-state index is 13.9. The van der Waals surface area contributed by atoms with Crippen molar-refractivity contribution in [3.05, 3.63) is 71.0 Å². The van der Waals surface area contributed by atoms with Crippen LogP contribution in [0.4, 0.5) is 24.5 Å². The number of halogens is 4. The average Bonchev–Trinajstić information content (AvgIpc) is 3.48. The van der Waals surface area contributed by atoms with Crippen molar-refractivity contribution in [3.8, 4) is 17.1 Å². The third kappa shape index (κ3) is 6.02. The summed E-state index contributed by atoms with van der Waals surface area (Å²) in [6, 6.07) is 7.20. The quantitative estimate of drug-likeness (QED) is 0.240. The zero-order valence-corrected chi connectivity index (χ0v) is 21.2. The number of nitrogens with one attached hydrogen (secondary N) is 2. The van der Waals surface area contributed by atoms with Crippen LogP contribution in [0.2, 0.25) is 5.02 Å². The van der Waals surface area contributed by atoms with Gasteiger partial charge in [0.2, 0.25) is 0 Å². The summed E-state index contributed by atoms with van der Waals surface area (Å²) in [5, 5.41) is 9.03. The minimum atomic E-state index is -4.80. The fourth-order valence-electron chi connectivity index (χ4n) is 3.66. The van der Waals surface area contributed by atoms with Crippen molar-refractivity contribution in [2.45, 2.75) is 12.6 Å². The third-order valence-corrected chi connectivity index (χ3v) is 5.91. The molecule has 0 bridgehead atoms. The van der Waals surface area contributed by atoms with Gasteiger partial charge in [-0.3, -0.25) is 9.59 Å². The van der Waals surface area contributed by atoms with E-state index in [0.29, 0.717) is 25.2 Å². The normalized spacial score (nSPS) is 11.4. The number of aromatic nitrogens is 5. The minimum absolute atomic E-state index is 0.00305. The molecule has 2 amide bonds. The summed E-state index contributed by atoms with van der Waals surface area (Å²) in [7, 11) is 1.40. The average molecular weight is 562 g/mol. The van der Waals surface area contributed by atoms with E-state index in [1.54, 1.807) is 0 Å². The molecule has 0 aliphatic heterocycles. The van der Waals surface area contributed by atoms with Gasteiger partial charge in [-0.1, -0.05) is 11.6 Å². The Morgan fingerprint density at radius 2 is 1.87 bits per heavy atom. The van der Waals surface area contributed by atoms with Crippen molar-refractivity contribution in [1.29, 1.82) is 0 Å². The molecule has 3 aromatic heterocycles. The molecule has 0 aliphatic rings. The van der Waals surface area contributed by atoms with Crippen LogP contribution >= 0.6 is 11.6 Å². The highest BCUT2D eigenvalue weighted by Crippen LogP contribution is 2.36. The Morgan fingerprint density at radius 3 is 2.51 bits per heavy atom. The molecule has 4 rings (SSSR count). The van der Waals surface area contributed by atoms with E-state index in [0.717, 1.165) is 17.1 Å². The second-order valence-electron chi connectivity index (χ2n) is 8.36. The molecule has 0 saturated heterocycles. The highest BCUT2D eigenvalue weighted by molar-refractivity contribution is 6.34. The number of carbonyl (C=O) groups is 2. The number of hydrogen-bond donors (Lipinski definition) is 4. The largest absolute Gasteiger partial charge is 0.435 e. The number of pyridine rings is 1. The number of alkyl halides is 3. The second kappa shape index (κ2) is 11.1. The summed E-state index contributed by atoms with van der Waals surface area (Å²) in [6.45, 7) is 0.810. The molecule has 1 aromatic carbocycles. The van der Waals surface area contributed by atoms with Crippen molar-refractivity contribution in [2.75, 3.05) is 24.1 Å². The predicted molar refractivity (Wildman–Crippen MR) is 138 cm³/mol. The molecule has 0 unspecified atom stereocenters. The van der Waals surface area contributed by atoms with E-state index in [1.807, 2.05) is 0 Å². The number of nitrogen functional groups attached to an aromatic ring is 1. The standard InChI is InChI=1S/C24H23ClF3N9O2/c1-36-18(16-12-37(35-20(16)24(26,27)28)19-6-3-13(30)10-32-19)11-33-21(36)23(39)34-14-4-5-15(17(25)9-14)22(38)31-8-2-7-29/h3-6,9-12H,2,7-8,29-30H2,1H3,(H,31,38)(H,34,39). The molecule has 0 saturated carbocycles. The van der Waals surface area contributed by atoms with Crippen LogP contribution in [0.25, 0.3) is 17.1 Å². The predicted octanol–water partition coefficient (Wildman–Crippen LogP) is 3.25. The molecule has 15 heteroatoms. The number of carbonyl (C=O) groups excluding carboxylic acids is 2. The van der Waals surface area contributed by atoms with E-state index in [2.05, 4.69) is 25.7 Å².